The topological polar surface area (TPSA) is 66.5 Å². The highest BCUT2D eigenvalue weighted by atomic mass is 79.9. The molecule has 1 N–H and O–H groups in total. The lowest BCUT2D eigenvalue weighted by Crippen LogP contribution is -2.33. The van der Waals surface area contributed by atoms with Gasteiger partial charge in [-0.3, -0.25) is 4.79 Å². The molecule has 0 saturated heterocycles. The molecule has 1 heterocycles. The van der Waals surface area contributed by atoms with Crippen molar-refractivity contribution in [1.82, 2.24) is 4.72 Å². The van der Waals surface area contributed by atoms with Crippen molar-refractivity contribution in [2.24, 2.45) is 0 Å². The first-order chi connectivity index (χ1) is 12.2. The summed E-state index contributed by atoms with van der Waals surface area (Å²) in [5.41, 5.74) is 2.28. The average molecular weight is 458 g/mol. The lowest BCUT2D eigenvalue weighted by Gasteiger charge is -2.21. The molecular formula is C18H18BrClN2O3S. The zero-order valence-corrected chi connectivity index (χ0v) is 17.5. The Morgan fingerprint density at radius 1 is 1.35 bits per heavy atom. The van der Waals surface area contributed by atoms with E-state index < -0.39 is 10.0 Å². The van der Waals surface area contributed by atoms with E-state index in [0.29, 0.717) is 27.2 Å². The molecule has 5 nitrogen and oxygen atoms in total. The summed E-state index contributed by atoms with van der Waals surface area (Å²) >= 11 is 9.44. The van der Waals surface area contributed by atoms with Gasteiger partial charge in [0.1, 0.15) is 0 Å². The third-order valence-electron chi connectivity index (χ3n) is 4.39. The van der Waals surface area contributed by atoms with Gasteiger partial charge in [-0.05, 0) is 58.6 Å². The van der Waals surface area contributed by atoms with Gasteiger partial charge < -0.3 is 4.90 Å². The van der Waals surface area contributed by atoms with E-state index in [4.69, 9.17) is 11.6 Å². The minimum absolute atomic E-state index is 0.00318. The third kappa shape index (κ3) is 3.67. The molecule has 138 valence electrons. The minimum atomic E-state index is -3.79. The smallest absolute Gasteiger partial charge is 0.242 e. The summed E-state index contributed by atoms with van der Waals surface area (Å²) in [6.07, 6.45) is 0.695. The number of carbonyl (C=O) groups is 1. The van der Waals surface area contributed by atoms with Crippen molar-refractivity contribution in [3.8, 4) is 0 Å². The molecule has 1 atom stereocenters. The van der Waals surface area contributed by atoms with Crippen LogP contribution in [0.3, 0.4) is 0 Å². The second kappa shape index (κ2) is 7.31. The predicted molar refractivity (Wildman–Crippen MR) is 106 cm³/mol. The molecule has 0 spiro atoms. The summed E-state index contributed by atoms with van der Waals surface area (Å²) in [4.78, 5) is 13.7. The van der Waals surface area contributed by atoms with Gasteiger partial charge in [-0.25, -0.2) is 13.1 Å². The van der Waals surface area contributed by atoms with Gasteiger partial charge in [-0.15, -0.1) is 0 Å². The van der Waals surface area contributed by atoms with Crippen molar-refractivity contribution < 1.29 is 13.2 Å². The number of nitrogens with zero attached hydrogens (tertiary/aromatic N) is 1. The standard InChI is InChI=1S/C18H18BrClN2O3S/c1-11-7-14-8-15(19)18(9-17(14)22(11)12(2)23)26(24,25)21-10-13-5-3-4-6-16(13)20/h3-6,8-9,11,21H,7,10H2,1-2H3/t11-/m0/s1. The number of nitrogens with one attached hydrogen (secondary N) is 1. The Morgan fingerprint density at radius 3 is 2.69 bits per heavy atom. The lowest BCUT2D eigenvalue weighted by atomic mass is 10.1. The van der Waals surface area contributed by atoms with Crippen LogP contribution in [0.5, 0.6) is 0 Å². The van der Waals surface area contributed by atoms with Gasteiger partial charge in [0, 0.05) is 34.7 Å². The van der Waals surface area contributed by atoms with Crippen molar-refractivity contribution in [3.05, 3.63) is 57.0 Å². The number of anilines is 1. The number of rotatable bonds is 4. The van der Waals surface area contributed by atoms with E-state index in [1.807, 2.05) is 6.92 Å². The third-order valence-corrected chi connectivity index (χ3v) is 7.12. The number of fused-ring (bicyclic) bond motifs is 1. The van der Waals surface area contributed by atoms with Gasteiger partial charge in [0.25, 0.3) is 0 Å². The summed E-state index contributed by atoms with van der Waals surface area (Å²) in [5.74, 6) is -0.106. The molecule has 0 aliphatic carbocycles. The molecule has 0 radical (unpaired) electrons. The Kier molecular flexibility index (Phi) is 5.44. The largest absolute Gasteiger partial charge is 0.309 e. The van der Waals surface area contributed by atoms with Crippen molar-refractivity contribution in [1.29, 1.82) is 0 Å². The van der Waals surface area contributed by atoms with E-state index >= 15 is 0 Å². The van der Waals surface area contributed by atoms with Gasteiger partial charge >= 0.3 is 0 Å². The minimum Gasteiger partial charge on any atom is -0.309 e. The lowest BCUT2D eigenvalue weighted by molar-refractivity contribution is -0.116. The molecule has 2 aromatic rings. The van der Waals surface area contributed by atoms with Crippen molar-refractivity contribution in [2.45, 2.75) is 37.8 Å². The molecule has 8 heteroatoms. The van der Waals surface area contributed by atoms with Crippen LogP contribution in [0.4, 0.5) is 5.69 Å². The van der Waals surface area contributed by atoms with Crippen LogP contribution in [0.25, 0.3) is 0 Å². The molecule has 1 amide bonds. The monoisotopic (exact) mass is 456 g/mol. The van der Waals surface area contributed by atoms with Crippen LogP contribution in [0.2, 0.25) is 5.02 Å². The van der Waals surface area contributed by atoms with E-state index in [0.717, 1.165) is 5.56 Å². The van der Waals surface area contributed by atoms with Gasteiger partial charge in [0.05, 0.1) is 4.90 Å². The van der Waals surface area contributed by atoms with Gasteiger partial charge in [0.2, 0.25) is 15.9 Å². The van der Waals surface area contributed by atoms with Crippen LogP contribution in [0, 0.1) is 0 Å². The maximum absolute atomic E-state index is 12.8. The van der Waals surface area contributed by atoms with Crippen LogP contribution in [0.15, 0.2) is 45.8 Å². The van der Waals surface area contributed by atoms with Gasteiger partial charge in [-0.1, -0.05) is 29.8 Å². The summed E-state index contributed by atoms with van der Waals surface area (Å²) in [6.45, 7) is 3.51. The Morgan fingerprint density at radius 2 is 2.04 bits per heavy atom. The molecule has 0 unspecified atom stereocenters. The zero-order valence-electron chi connectivity index (χ0n) is 14.3. The van der Waals surface area contributed by atoms with E-state index in [2.05, 4.69) is 20.7 Å². The van der Waals surface area contributed by atoms with E-state index in [1.54, 1.807) is 41.3 Å². The average Bonchev–Trinajstić information content (AvgIpc) is 2.88. The Bertz CT molecular complexity index is 978. The van der Waals surface area contributed by atoms with Gasteiger partial charge in [-0.2, -0.15) is 0 Å². The number of sulfonamides is 1. The van der Waals surface area contributed by atoms with E-state index in [9.17, 15) is 13.2 Å². The van der Waals surface area contributed by atoms with Gasteiger partial charge in [0.15, 0.2) is 0 Å². The number of benzene rings is 2. The molecule has 2 aromatic carbocycles. The van der Waals surface area contributed by atoms with E-state index in [-0.39, 0.29) is 23.4 Å². The second-order valence-corrected chi connectivity index (χ2v) is 9.27. The summed E-state index contributed by atoms with van der Waals surface area (Å²) in [5, 5.41) is 0.500. The summed E-state index contributed by atoms with van der Waals surface area (Å²) in [6, 6.07) is 10.4. The zero-order chi connectivity index (χ0) is 19.1. The Hall–Kier alpha value is -1.41. The Balaban J connectivity index is 1.94. The molecule has 0 bridgehead atoms. The van der Waals surface area contributed by atoms with E-state index in [1.165, 1.54) is 6.92 Å². The maximum atomic E-state index is 12.8. The highest BCUT2D eigenvalue weighted by Crippen LogP contribution is 2.38. The molecular weight excluding hydrogens is 440 g/mol. The normalized spacial score (nSPS) is 16.6. The fourth-order valence-corrected chi connectivity index (χ4v) is 5.51. The number of halogens is 2. The number of hydrogen-bond acceptors (Lipinski definition) is 3. The van der Waals surface area contributed by atoms with Crippen LogP contribution >= 0.6 is 27.5 Å². The van der Waals surface area contributed by atoms with Crippen LogP contribution in [0.1, 0.15) is 25.0 Å². The molecule has 0 aromatic heterocycles. The summed E-state index contributed by atoms with van der Waals surface area (Å²) in [7, 11) is -3.79. The van der Waals surface area contributed by atoms with Crippen molar-refractivity contribution >= 4 is 49.1 Å². The Labute approximate surface area is 166 Å². The van der Waals surface area contributed by atoms with Crippen LogP contribution < -0.4 is 9.62 Å². The SMILES string of the molecule is CC(=O)N1c2cc(S(=O)(=O)NCc3ccccc3Cl)c(Br)cc2C[C@@H]1C. The molecule has 1 aliphatic rings. The second-order valence-electron chi connectivity index (χ2n) is 6.27. The maximum Gasteiger partial charge on any atom is 0.242 e. The molecule has 0 fully saturated rings. The van der Waals surface area contributed by atoms with Crippen LogP contribution in [-0.4, -0.2) is 20.4 Å². The highest BCUT2D eigenvalue weighted by molar-refractivity contribution is 9.10. The number of hydrogen-bond donors (Lipinski definition) is 1. The fourth-order valence-electron chi connectivity index (χ4n) is 3.20. The quantitative estimate of drug-likeness (QED) is 0.758. The van der Waals surface area contributed by atoms with Crippen LogP contribution in [-0.2, 0) is 27.8 Å². The molecule has 26 heavy (non-hydrogen) atoms. The predicted octanol–water partition coefficient (Wildman–Crippen LogP) is 3.88. The molecule has 1 aliphatic heterocycles. The fraction of sp³-hybridized carbons (Fsp3) is 0.278. The first-order valence-corrected chi connectivity index (χ1v) is 10.7. The number of carbonyl (C=O) groups excluding carboxylic acids is 1. The van der Waals surface area contributed by atoms with Crippen molar-refractivity contribution in [2.75, 3.05) is 4.90 Å². The van der Waals surface area contributed by atoms with Crippen molar-refractivity contribution in [3.63, 3.8) is 0 Å². The molecule has 0 saturated carbocycles. The first kappa shape index (κ1) is 19.4. The first-order valence-electron chi connectivity index (χ1n) is 8.06. The highest BCUT2D eigenvalue weighted by Gasteiger charge is 2.31. The summed E-state index contributed by atoms with van der Waals surface area (Å²) < 4.78 is 28.7. The number of amides is 1. The molecule has 3 rings (SSSR count).